The number of anilines is 1. The molecule has 1 aliphatic rings. The highest BCUT2D eigenvalue weighted by Crippen LogP contribution is 2.39. The van der Waals surface area contributed by atoms with E-state index in [0.29, 0.717) is 18.1 Å². The largest absolute Gasteiger partial charge is 0.352 e. The number of nitrogens with zero attached hydrogens (tertiary/aromatic N) is 3. The molecule has 5 rings (SSSR count). The third-order valence-corrected chi connectivity index (χ3v) is 7.21. The van der Waals surface area contributed by atoms with Crippen LogP contribution in [0.3, 0.4) is 0 Å². The van der Waals surface area contributed by atoms with Crippen molar-refractivity contribution in [3.63, 3.8) is 0 Å². The molecule has 2 unspecified atom stereocenters. The van der Waals surface area contributed by atoms with Gasteiger partial charge in [-0.1, -0.05) is 46.3 Å². The molecule has 1 aliphatic heterocycles. The summed E-state index contributed by atoms with van der Waals surface area (Å²) in [5, 5.41) is 7.12. The molecule has 1 saturated heterocycles. The van der Waals surface area contributed by atoms with Gasteiger partial charge in [0.05, 0.1) is 17.8 Å². The first-order valence-corrected chi connectivity index (χ1v) is 13.0. The van der Waals surface area contributed by atoms with Crippen molar-refractivity contribution in [1.82, 2.24) is 19.8 Å². The van der Waals surface area contributed by atoms with Crippen LogP contribution in [0.2, 0.25) is 0 Å². The number of carbonyl (C=O) groups is 1. The van der Waals surface area contributed by atoms with E-state index in [0.717, 1.165) is 32.8 Å². The number of carbonyl (C=O) groups excluding carboxylic acids is 1. The van der Waals surface area contributed by atoms with E-state index in [1.54, 1.807) is 6.20 Å². The van der Waals surface area contributed by atoms with Gasteiger partial charge in [-0.05, 0) is 73.2 Å². The molecule has 4 aromatic rings. The summed E-state index contributed by atoms with van der Waals surface area (Å²) in [6, 6.07) is 25.7. The Balaban J connectivity index is 1.45. The highest BCUT2D eigenvalue weighted by Gasteiger charge is 2.41. The number of rotatable bonds is 7. The molecule has 0 aliphatic carbocycles. The van der Waals surface area contributed by atoms with Gasteiger partial charge in [0.1, 0.15) is 0 Å². The van der Waals surface area contributed by atoms with Crippen molar-refractivity contribution in [2.75, 3.05) is 11.9 Å². The van der Waals surface area contributed by atoms with Crippen molar-refractivity contribution in [3.05, 3.63) is 113 Å². The van der Waals surface area contributed by atoms with Gasteiger partial charge in [0.15, 0.2) is 5.11 Å². The SMILES string of the molecule is Cc1ccccc1NC(=O)CCN1C(=S)NC(c2ccccn2)C1c1cccn1-c1cccc(Br)c1. The van der Waals surface area contributed by atoms with E-state index in [1.165, 1.54) is 0 Å². The van der Waals surface area contributed by atoms with E-state index in [1.807, 2.05) is 67.6 Å². The van der Waals surface area contributed by atoms with E-state index in [2.05, 4.69) is 65.4 Å². The Morgan fingerprint density at radius 1 is 1.08 bits per heavy atom. The predicted molar refractivity (Wildman–Crippen MR) is 150 cm³/mol. The van der Waals surface area contributed by atoms with E-state index in [9.17, 15) is 4.79 Å². The Morgan fingerprint density at radius 3 is 2.69 bits per heavy atom. The Labute approximate surface area is 224 Å². The maximum atomic E-state index is 12.9. The van der Waals surface area contributed by atoms with Crippen molar-refractivity contribution in [1.29, 1.82) is 0 Å². The molecular formula is C28H26BrN5OS. The Morgan fingerprint density at radius 2 is 1.92 bits per heavy atom. The second-order valence-electron chi connectivity index (χ2n) is 8.72. The molecule has 0 bridgehead atoms. The molecule has 36 heavy (non-hydrogen) atoms. The van der Waals surface area contributed by atoms with E-state index < -0.39 is 0 Å². The summed E-state index contributed by atoms with van der Waals surface area (Å²) in [4.78, 5) is 19.6. The van der Waals surface area contributed by atoms with Crippen LogP contribution in [-0.2, 0) is 4.79 Å². The van der Waals surface area contributed by atoms with Crippen LogP contribution in [0.25, 0.3) is 5.69 Å². The smallest absolute Gasteiger partial charge is 0.226 e. The zero-order valence-corrected chi connectivity index (χ0v) is 22.2. The van der Waals surface area contributed by atoms with Crippen molar-refractivity contribution in [2.24, 2.45) is 0 Å². The quantitative estimate of drug-likeness (QED) is 0.274. The number of halogens is 1. The average Bonchev–Trinajstić information content (AvgIpc) is 3.49. The lowest BCUT2D eigenvalue weighted by molar-refractivity contribution is -0.116. The lowest BCUT2D eigenvalue weighted by Crippen LogP contribution is -2.33. The normalized spacial score (nSPS) is 17.2. The Kier molecular flexibility index (Phi) is 7.16. The van der Waals surface area contributed by atoms with Crippen molar-refractivity contribution < 1.29 is 4.79 Å². The van der Waals surface area contributed by atoms with Gasteiger partial charge in [0, 0.05) is 46.9 Å². The van der Waals surface area contributed by atoms with Gasteiger partial charge in [-0.25, -0.2) is 0 Å². The molecule has 2 aromatic carbocycles. The molecule has 2 aromatic heterocycles. The molecule has 0 radical (unpaired) electrons. The number of aryl methyl sites for hydroxylation is 1. The second kappa shape index (κ2) is 10.6. The van der Waals surface area contributed by atoms with E-state index >= 15 is 0 Å². The lowest BCUT2D eigenvalue weighted by Gasteiger charge is -2.29. The Bertz CT molecular complexity index is 1390. The van der Waals surface area contributed by atoms with Crippen LogP contribution in [0.1, 0.15) is 35.5 Å². The lowest BCUT2D eigenvalue weighted by atomic mass is 10.0. The first-order chi connectivity index (χ1) is 17.5. The minimum atomic E-state index is -0.154. The molecule has 3 heterocycles. The molecule has 8 heteroatoms. The highest BCUT2D eigenvalue weighted by molar-refractivity contribution is 9.10. The average molecular weight is 561 g/mol. The van der Waals surface area contributed by atoms with Gasteiger partial charge in [0.25, 0.3) is 0 Å². The summed E-state index contributed by atoms with van der Waals surface area (Å²) in [6.07, 6.45) is 4.15. The van der Waals surface area contributed by atoms with Crippen molar-refractivity contribution in [2.45, 2.75) is 25.4 Å². The molecule has 0 saturated carbocycles. The number of benzene rings is 2. The minimum Gasteiger partial charge on any atom is -0.352 e. The van der Waals surface area contributed by atoms with Crippen LogP contribution in [-0.4, -0.2) is 32.0 Å². The van der Waals surface area contributed by atoms with Gasteiger partial charge in [-0.3, -0.25) is 9.78 Å². The summed E-state index contributed by atoms with van der Waals surface area (Å²) >= 11 is 9.38. The number of thiocarbonyl (C=S) groups is 1. The van der Waals surface area contributed by atoms with Gasteiger partial charge in [-0.15, -0.1) is 0 Å². The third-order valence-electron chi connectivity index (χ3n) is 6.37. The molecular weight excluding hydrogens is 534 g/mol. The first kappa shape index (κ1) is 24.2. The number of pyridine rings is 1. The molecule has 1 amide bonds. The van der Waals surface area contributed by atoms with E-state index in [4.69, 9.17) is 12.2 Å². The molecule has 2 N–H and O–H groups in total. The zero-order valence-electron chi connectivity index (χ0n) is 19.8. The third kappa shape index (κ3) is 5.05. The number of hydrogen-bond donors (Lipinski definition) is 2. The highest BCUT2D eigenvalue weighted by atomic mass is 79.9. The van der Waals surface area contributed by atoms with Gasteiger partial charge in [-0.2, -0.15) is 0 Å². The monoisotopic (exact) mass is 559 g/mol. The van der Waals surface area contributed by atoms with Crippen LogP contribution in [0, 0.1) is 6.92 Å². The maximum absolute atomic E-state index is 12.9. The number of aromatic nitrogens is 2. The molecule has 6 nitrogen and oxygen atoms in total. The number of para-hydroxylation sites is 1. The first-order valence-electron chi connectivity index (χ1n) is 11.8. The van der Waals surface area contributed by atoms with Crippen molar-refractivity contribution in [3.8, 4) is 5.69 Å². The summed E-state index contributed by atoms with van der Waals surface area (Å²) in [5.74, 6) is -0.0468. The minimum absolute atomic E-state index is 0.0468. The zero-order chi connectivity index (χ0) is 25.1. The number of hydrogen-bond acceptors (Lipinski definition) is 3. The van der Waals surface area contributed by atoms with Crippen LogP contribution >= 0.6 is 28.1 Å². The summed E-state index contributed by atoms with van der Waals surface area (Å²) < 4.78 is 3.17. The standard InChI is InChI=1S/C28H26BrN5OS/c1-19-8-2-3-11-22(19)31-25(35)14-17-34-27(26(32-28(34)36)23-12-4-5-15-30-23)24-13-7-16-33(24)21-10-6-9-20(29)18-21/h2-13,15-16,18,26-27H,14,17H2,1H3,(H,31,35)(H,32,36). The fourth-order valence-electron chi connectivity index (χ4n) is 4.61. The van der Waals surface area contributed by atoms with Crippen LogP contribution in [0.5, 0.6) is 0 Å². The molecule has 1 fully saturated rings. The fourth-order valence-corrected chi connectivity index (χ4v) is 5.33. The van der Waals surface area contributed by atoms with Gasteiger partial charge in [0.2, 0.25) is 5.91 Å². The summed E-state index contributed by atoms with van der Waals surface area (Å²) in [5.41, 5.74) is 4.87. The Hall–Kier alpha value is -3.49. The van der Waals surface area contributed by atoms with Crippen LogP contribution < -0.4 is 10.6 Å². The number of nitrogens with one attached hydrogen (secondary N) is 2. The van der Waals surface area contributed by atoms with Crippen molar-refractivity contribution >= 4 is 44.9 Å². The summed E-state index contributed by atoms with van der Waals surface area (Å²) in [6.45, 7) is 2.46. The maximum Gasteiger partial charge on any atom is 0.226 e. The molecule has 182 valence electrons. The van der Waals surface area contributed by atoms with Gasteiger partial charge < -0.3 is 20.1 Å². The topological polar surface area (TPSA) is 62.2 Å². The fraction of sp³-hybridized carbons (Fsp3) is 0.179. The van der Waals surface area contributed by atoms with Crippen LogP contribution in [0.4, 0.5) is 5.69 Å². The van der Waals surface area contributed by atoms with E-state index in [-0.39, 0.29) is 18.0 Å². The summed E-state index contributed by atoms with van der Waals surface area (Å²) in [7, 11) is 0. The second-order valence-corrected chi connectivity index (χ2v) is 10.0. The van der Waals surface area contributed by atoms with Gasteiger partial charge >= 0.3 is 0 Å². The predicted octanol–water partition coefficient (Wildman–Crippen LogP) is 5.94. The van der Waals surface area contributed by atoms with Crippen LogP contribution in [0.15, 0.2) is 95.7 Å². The molecule has 2 atom stereocenters. The molecule has 0 spiro atoms. The number of amides is 1.